The Kier molecular flexibility index (Phi) is 6.97. The second kappa shape index (κ2) is 9.84. The van der Waals surface area contributed by atoms with Crippen LogP contribution in [0.3, 0.4) is 0 Å². The molecule has 0 aliphatic heterocycles. The third-order valence-corrected chi connectivity index (χ3v) is 4.60. The molecule has 7 heteroatoms. The van der Waals surface area contributed by atoms with E-state index in [1.807, 2.05) is 47.9 Å². The Labute approximate surface area is 170 Å². The van der Waals surface area contributed by atoms with Gasteiger partial charge in [0.15, 0.2) is 0 Å². The van der Waals surface area contributed by atoms with Crippen LogP contribution < -0.4 is 10.6 Å². The van der Waals surface area contributed by atoms with Gasteiger partial charge in [0.25, 0.3) is 5.91 Å². The summed E-state index contributed by atoms with van der Waals surface area (Å²) in [6.07, 6.45) is 0.756. The van der Waals surface area contributed by atoms with Crippen LogP contribution in [0.4, 0.5) is 0 Å². The number of nitrogens with one attached hydrogen (secondary N) is 2. The van der Waals surface area contributed by atoms with E-state index < -0.39 is 0 Å². The lowest BCUT2D eigenvalue weighted by Crippen LogP contribution is -2.31. The van der Waals surface area contributed by atoms with Gasteiger partial charge < -0.3 is 19.9 Å². The van der Waals surface area contributed by atoms with Crippen LogP contribution in [0.5, 0.6) is 0 Å². The molecule has 2 N–H and O–H groups in total. The molecule has 0 radical (unpaired) electrons. The molecule has 2 aromatic carbocycles. The molecular formula is C22H26N4O3. The van der Waals surface area contributed by atoms with Crippen molar-refractivity contribution in [1.82, 2.24) is 20.2 Å². The number of aromatic nitrogens is 2. The van der Waals surface area contributed by atoms with E-state index in [1.165, 1.54) is 0 Å². The monoisotopic (exact) mass is 394 g/mol. The lowest BCUT2D eigenvalue weighted by atomic mass is 10.1. The number of benzene rings is 2. The van der Waals surface area contributed by atoms with Gasteiger partial charge in [0.1, 0.15) is 12.4 Å². The molecule has 2 amide bonds. The molecule has 7 nitrogen and oxygen atoms in total. The minimum atomic E-state index is -0.173. The van der Waals surface area contributed by atoms with Gasteiger partial charge in [-0.2, -0.15) is 0 Å². The molecule has 29 heavy (non-hydrogen) atoms. The molecule has 0 spiro atoms. The van der Waals surface area contributed by atoms with Gasteiger partial charge in [-0.05, 0) is 37.6 Å². The molecule has 0 bridgehead atoms. The molecule has 0 saturated carbocycles. The zero-order valence-corrected chi connectivity index (χ0v) is 16.8. The average molecular weight is 394 g/mol. The van der Waals surface area contributed by atoms with Crippen LogP contribution in [0, 0.1) is 6.92 Å². The number of ether oxygens (including phenoxy) is 1. The van der Waals surface area contributed by atoms with Crippen molar-refractivity contribution in [3.8, 4) is 0 Å². The Morgan fingerprint density at radius 2 is 1.83 bits per heavy atom. The van der Waals surface area contributed by atoms with Gasteiger partial charge >= 0.3 is 0 Å². The van der Waals surface area contributed by atoms with Crippen molar-refractivity contribution in [1.29, 1.82) is 0 Å². The number of amides is 2. The van der Waals surface area contributed by atoms with Crippen LogP contribution in [0.25, 0.3) is 11.0 Å². The molecule has 3 aromatic rings. The second-order valence-corrected chi connectivity index (χ2v) is 6.85. The molecule has 152 valence electrons. The quantitative estimate of drug-likeness (QED) is 0.546. The number of hydrogen-bond acceptors (Lipinski definition) is 4. The number of para-hydroxylation sites is 2. The first-order valence-corrected chi connectivity index (χ1v) is 9.63. The first-order chi connectivity index (χ1) is 14.1. The van der Waals surface area contributed by atoms with E-state index in [1.54, 1.807) is 19.2 Å². The standard InChI is InChI=1S/C22H26N4O3/c1-16-8-10-17(11-9-16)22(28)24-14-20-25-18-6-3-4-7-19(18)26(20)15-21(27)23-12-5-13-29-2/h3-4,6-11H,5,12-15H2,1-2H3,(H,23,27)(H,24,28). The van der Waals surface area contributed by atoms with Gasteiger partial charge in [-0.3, -0.25) is 9.59 Å². The molecule has 0 fully saturated rings. The molecule has 1 heterocycles. The lowest BCUT2D eigenvalue weighted by Gasteiger charge is -2.11. The summed E-state index contributed by atoms with van der Waals surface area (Å²) < 4.78 is 6.84. The van der Waals surface area contributed by atoms with E-state index in [-0.39, 0.29) is 24.9 Å². The van der Waals surface area contributed by atoms with E-state index in [2.05, 4.69) is 15.6 Å². The largest absolute Gasteiger partial charge is 0.385 e. The van der Waals surface area contributed by atoms with E-state index in [0.717, 1.165) is 23.0 Å². The average Bonchev–Trinajstić information content (AvgIpc) is 3.07. The predicted molar refractivity (Wildman–Crippen MR) is 112 cm³/mol. The van der Waals surface area contributed by atoms with Crippen molar-refractivity contribution in [3.05, 3.63) is 65.5 Å². The van der Waals surface area contributed by atoms with Crippen LogP contribution in [0.15, 0.2) is 48.5 Å². The topological polar surface area (TPSA) is 85.2 Å². The maximum absolute atomic E-state index is 12.4. The van der Waals surface area contributed by atoms with Gasteiger partial charge in [0.2, 0.25) is 5.91 Å². The van der Waals surface area contributed by atoms with Crippen molar-refractivity contribution in [2.75, 3.05) is 20.3 Å². The minimum Gasteiger partial charge on any atom is -0.385 e. The Balaban J connectivity index is 1.71. The van der Waals surface area contributed by atoms with E-state index in [9.17, 15) is 9.59 Å². The summed E-state index contributed by atoms with van der Waals surface area (Å²) in [5.41, 5.74) is 3.34. The number of carbonyl (C=O) groups excluding carboxylic acids is 2. The summed E-state index contributed by atoms with van der Waals surface area (Å²) in [5.74, 6) is 0.363. The SMILES string of the molecule is COCCCNC(=O)Cn1c(CNC(=O)c2ccc(C)cc2)nc2ccccc21. The van der Waals surface area contributed by atoms with Crippen molar-refractivity contribution in [2.24, 2.45) is 0 Å². The van der Waals surface area contributed by atoms with Crippen LogP contribution in [0.1, 0.15) is 28.2 Å². The van der Waals surface area contributed by atoms with Gasteiger partial charge in [-0.15, -0.1) is 0 Å². The Hall–Kier alpha value is -3.19. The molecule has 0 aliphatic carbocycles. The van der Waals surface area contributed by atoms with Crippen LogP contribution in [0.2, 0.25) is 0 Å². The summed E-state index contributed by atoms with van der Waals surface area (Å²) in [5, 5.41) is 5.79. The van der Waals surface area contributed by atoms with Crippen LogP contribution in [-0.2, 0) is 22.6 Å². The predicted octanol–water partition coefficient (Wildman–Crippen LogP) is 2.43. The highest BCUT2D eigenvalue weighted by Gasteiger charge is 2.14. The Bertz CT molecular complexity index is 979. The number of hydrogen-bond donors (Lipinski definition) is 2. The minimum absolute atomic E-state index is 0.102. The smallest absolute Gasteiger partial charge is 0.251 e. The number of methoxy groups -OCH3 is 1. The van der Waals surface area contributed by atoms with Crippen molar-refractivity contribution >= 4 is 22.8 Å². The summed E-state index contributed by atoms with van der Waals surface area (Å²) in [7, 11) is 1.64. The number of fused-ring (bicyclic) bond motifs is 1. The van der Waals surface area contributed by atoms with Gasteiger partial charge in [0.05, 0.1) is 17.6 Å². The fourth-order valence-corrected chi connectivity index (χ4v) is 3.05. The van der Waals surface area contributed by atoms with Crippen molar-refractivity contribution in [2.45, 2.75) is 26.4 Å². The Morgan fingerprint density at radius 1 is 1.07 bits per heavy atom. The molecule has 0 unspecified atom stereocenters. The lowest BCUT2D eigenvalue weighted by molar-refractivity contribution is -0.121. The first-order valence-electron chi connectivity index (χ1n) is 9.63. The third-order valence-electron chi connectivity index (χ3n) is 4.60. The summed E-state index contributed by atoms with van der Waals surface area (Å²) in [6, 6.07) is 15.0. The zero-order chi connectivity index (χ0) is 20.6. The fraction of sp³-hybridized carbons (Fsp3) is 0.318. The van der Waals surface area contributed by atoms with Crippen LogP contribution >= 0.6 is 0 Å². The normalized spacial score (nSPS) is 10.8. The van der Waals surface area contributed by atoms with E-state index in [4.69, 9.17) is 4.74 Å². The van der Waals surface area contributed by atoms with E-state index in [0.29, 0.717) is 24.5 Å². The highest BCUT2D eigenvalue weighted by atomic mass is 16.5. The number of imidazole rings is 1. The Morgan fingerprint density at radius 3 is 2.59 bits per heavy atom. The summed E-state index contributed by atoms with van der Waals surface area (Å²) in [6.45, 7) is 3.51. The van der Waals surface area contributed by atoms with Gasteiger partial charge in [0, 0.05) is 25.8 Å². The molecule has 0 aliphatic rings. The fourth-order valence-electron chi connectivity index (χ4n) is 3.05. The van der Waals surface area contributed by atoms with E-state index >= 15 is 0 Å². The summed E-state index contributed by atoms with van der Waals surface area (Å²) >= 11 is 0. The van der Waals surface area contributed by atoms with Gasteiger partial charge in [-0.25, -0.2) is 4.98 Å². The zero-order valence-electron chi connectivity index (χ0n) is 16.8. The number of nitrogens with zero attached hydrogens (tertiary/aromatic N) is 2. The highest BCUT2D eigenvalue weighted by molar-refractivity contribution is 5.94. The number of rotatable bonds is 9. The number of carbonyl (C=O) groups is 2. The van der Waals surface area contributed by atoms with Crippen molar-refractivity contribution in [3.63, 3.8) is 0 Å². The molecule has 0 saturated heterocycles. The maximum atomic E-state index is 12.4. The van der Waals surface area contributed by atoms with Crippen LogP contribution in [-0.4, -0.2) is 41.6 Å². The second-order valence-electron chi connectivity index (χ2n) is 6.85. The maximum Gasteiger partial charge on any atom is 0.251 e. The molecular weight excluding hydrogens is 368 g/mol. The molecule has 1 aromatic heterocycles. The van der Waals surface area contributed by atoms with Gasteiger partial charge in [-0.1, -0.05) is 29.8 Å². The summed E-state index contributed by atoms with van der Waals surface area (Å²) in [4.78, 5) is 29.4. The first kappa shape index (κ1) is 20.5. The van der Waals surface area contributed by atoms with Crippen molar-refractivity contribution < 1.29 is 14.3 Å². The number of aryl methyl sites for hydroxylation is 1. The highest BCUT2D eigenvalue weighted by Crippen LogP contribution is 2.16. The molecule has 0 atom stereocenters. The third kappa shape index (κ3) is 5.42. The molecule has 3 rings (SSSR count).